The molecule has 0 radical (unpaired) electrons. The number of halogens is 1. The third kappa shape index (κ3) is 4.04. The van der Waals surface area contributed by atoms with Gasteiger partial charge in [-0.25, -0.2) is 4.98 Å². The molecule has 0 saturated carbocycles. The van der Waals surface area contributed by atoms with Crippen LogP contribution in [0.4, 0.5) is 0 Å². The number of aryl methyl sites for hydroxylation is 1. The van der Waals surface area contributed by atoms with Gasteiger partial charge in [0, 0.05) is 18.9 Å². The van der Waals surface area contributed by atoms with E-state index in [1.165, 1.54) is 25.7 Å². The SMILES string of the molecule is CCCCCCCn1ccnc(Cl)c1=O. The highest BCUT2D eigenvalue weighted by Gasteiger charge is 2.00. The highest BCUT2D eigenvalue weighted by Crippen LogP contribution is 2.03. The van der Waals surface area contributed by atoms with Gasteiger partial charge in [-0.15, -0.1) is 0 Å². The smallest absolute Gasteiger partial charge is 0.288 e. The molecule has 0 unspecified atom stereocenters. The monoisotopic (exact) mass is 228 g/mol. The van der Waals surface area contributed by atoms with Gasteiger partial charge in [0.2, 0.25) is 0 Å². The van der Waals surface area contributed by atoms with E-state index in [-0.39, 0.29) is 10.7 Å². The van der Waals surface area contributed by atoms with Crippen LogP contribution in [0, 0.1) is 0 Å². The molecule has 0 saturated heterocycles. The van der Waals surface area contributed by atoms with Gasteiger partial charge in [-0.3, -0.25) is 4.79 Å². The fourth-order valence-corrected chi connectivity index (χ4v) is 1.65. The van der Waals surface area contributed by atoms with Gasteiger partial charge >= 0.3 is 0 Å². The lowest BCUT2D eigenvalue weighted by Gasteiger charge is -2.04. The van der Waals surface area contributed by atoms with Gasteiger partial charge in [0.05, 0.1) is 0 Å². The minimum absolute atomic E-state index is 0.0612. The Morgan fingerprint density at radius 1 is 1.33 bits per heavy atom. The summed E-state index contributed by atoms with van der Waals surface area (Å²) >= 11 is 5.63. The van der Waals surface area contributed by atoms with E-state index in [1.807, 2.05) is 0 Å². The molecule has 0 aliphatic heterocycles. The predicted molar refractivity (Wildman–Crippen MR) is 62.3 cm³/mol. The van der Waals surface area contributed by atoms with Crippen LogP contribution < -0.4 is 5.56 Å². The van der Waals surface area contributed by atoms with Crippen LogP contribution >= 0.6 is 11.6 Å². The normalized spacial score (nSPS) is 10.5. The molecule has 4 heteroatoms. The minimum Gasteiger partial charge on any atom is -0.311 e. The van der Waals surface area contributed by atoms with Crippen LogP contribution in [-0.4, -0.2) is 9.55 Å². The molecule has 1 aromatic heterocycles. The lowest BCUT2D eigenvalue weighted by molar-refractivity contribution is 0.556. The number of rotatable bonds is 6. The molecule has 0 N–H and O–H groups in total. The summed E-state index contributed by atoms with van der Waals surface area (Å²) in [5.74, 6) is 0. The summed E-state index contributed by atoms with van der Waals surface area (Å²) in [6.45, 7) is 2.93. The molecule has 1 rings (SSSR count). The second-order valence-electron chi connectivity index (χ2n) is 3.63. The van der Waals surface area contributed by atoms with Crippen molar-refractivity contribution < 1.29 is 0 Å². The molecule has 84 valence electrons. The largest absolute Gasteiger partial charge is 0.311 e. The van der Waals surface area contributed by atoms with E-state index in [4.69, 9.17) is 11.6 Å². The van der Waals surface area contributed by atoms with Crippen molar-refractivity contribution in [3.05, 3.63) is 27.9 Å². The van der Waals surface area contributed by atoms with Crippen LogP contribution in [0.2, 0.25) is 5.15 Å². The van der Waals surface area contributed by atoms with E-state index in [9.17, 15) is 4.79 Å². The summed E-state index contributed by atoms with van der Waals surface area (Å²) in [4.78, 5) is 15.2. The first-order valence-electron chi connectivity index (χ1n) is 5.46. The van der Waals surface area contributed by atoms with Gasteiger partial charge in [-0.2, -0.15) is 0 Å². The molecular weight excluding hydrogens is 212 g/mol. The van der Waals surface area contributed by atoms with Gasteiger partial charge in [-0.1, -0.05) is 44.2 Å². The minimum atomic E-state index is -0.186. The summed E-state index contributed by atoms with van der Waals surface area (Å²) < 4.78 is 1.63. The van der Waals surface area contributed by atoms with Gasteiger partial charge < -0.3 is 4.57 Å². The topological polar surface area (TPSA) is 34.9 Å². The van der Waals surface area contributed by atoms with Crippen molar-refractivity contribution in [2.45, 2.75) is 45.6 Å². The Morgan fingerprint density at radius 3 is 2.80 bits per heavy atom. The van der Waals surface area contributed by atoms with Gasteiger partial charge in [-0.05, 0) is 6.42 Å². The number of hydrogen-bond acceptors (Lipinski definition) is 2. The summed E-state index contributed by atoms with van der Waals surface area (Å²) in [6, 6.07) is 0. The lowest BCUT2D eigenvalue weighted by Crippen LogP contribution is -2.20. The molecule has 15 heavy (non-hydrogen) atoms. The van der Waals surface area contributed by atoms with E-state index >= 15 is 0 Å². The van der Waals surface area contributed by atoms with E-state index in [2.05, 4.69) is 11.9 Å². The maximum Gasteiger partial charge on any atom is 0.288 e. The first-order chi connectivity index (χ1) is 7.25. The molecular formula is C11H17ClN2O. The van der Waals surface area contributed by atoms with Crippen LogP contribution in [0.25, 0.3) is 0 Å². The van der Waals surface area contributed by atoms with E-state index < -0.39 is 0 Å². The number of hydrogen-bond donors (Lipinski definition) is 0. The molecule has 0 aliphatic rings. The molecule has 3 nitrogen and oxygen atoms in total. The van der Waals surface area contributed by atoms with Crippen molar-refractivity contribution in [3.63, 3.8) is 0 Å². The fraction of sp³-hybridized carbons (Fsp3) is 0.636. The van der Waals surface area contributed by atoms with Crippen LogP contribution in [0.15, 0.2) is 17.2 Å². The Labute approximate surface area is 95.1 Å². The van der Waals surface area contributed by atoms with Crippen molar-refractivity contribution in [3.8, 4) is 0 Å². The second-order valence-corrected chi connectivity index (χ2v) is 3.99. The van der Waals surface area contributed by atoms with Crippen molar-refractivity contribution in [2.75, 3.05) is 0 Å². The highest BCUT2D eigenvalue weighted by atomic mass is 35.5. The quantitative estimate of drug-likeness (QED) is 0.702. The fourth-order valence-electron chi connectivity index (χ4n) is 1.48. The first kappa shape index (κ1) is 12.2. The molecule has 0 amide bonds. The Hall–Kier alpha value is -0.830. The molecule has 0 spiro atoms. The van der Waals surface area contributed by atoms with Crippen molar-refractivity contribution in [1.82, 2.24) is 9.55 Å². The average molecular weight is 229 g/mol. The number of nitrogens with zero attached hydrogens (tertiary/aromatic N) is 2. The Morgan fingerprint density at radius 2 is 2.07 bits per heavy atom. The molecule has 1 aromatic rings. The van der Waals surface area contributed by atoms with Crippen LogP contribution in [0.5, 0.6) is 0 Å². The maximum atomic E-state index is 11.5. The maximum absolute atomic E-state index is 11.5. The van der Waals surface area contributed by atoms with Gasteiger partial charge in [0.15, 0.2) is 5.15 Å². The number of unbranched alkanes of at least 4 members (excludes halogenated alkanes) is 4. The van der Waals surface area contributed by atoms with Crippen molar-refractivity contribution in [1.29, 1.82) is 0 Å². The summed E-state index contributed by atoms with van der Waals surface area (Å²) in [7, 11) is 0. The molecule has 0 aliphatic carbocycles. The Balaban J connectivity index is 2.38. The Bertz CT molecular complexity index is 349. The molecule has 0 aromatic carbocycles. The van der Waals surface area contributed by atoms with E-state index in [0.29, 0.717) is 0 Å². The Kier molecular flexibility index (Phi) is 5.40. The lowest BCUT2D eigenvalue weighted by atomic mass is 10.1. The predicted octanol–water partition coefficient (Wildman–Crippen LogP) is 2.87. The third-order valence-electron chi connectivity index (χ3n) is 2.37. The molecule has 0 fully saturated rings. The van der Waals surface area contributed by atoms with E-state index in [1.54, 1.807) is 17.0 Å². The first-order valence-corrected chi connectivity index (χ1v) is 5.84. The van der Waals surface area contributed by atoms with Crippen molar-refractivity contribution in [2.24, 2.45) is 0 Å². The zero-order valence-corrected chi connectivity index (χ0v) is 9.83. The average Bonchev–Trinajstić information content (AvgIpc) is 2.24. The highest BCUT2D eigenvalue weighted by molar-refractivity contribution is 6.29. The second kappa shape index (κ2) is 6.62. The van der Waals surface area contributed by atoms with Crippen LogP contribution in [0.3, 0.4) is 0 Å². The molecule has 1 heterocycles. The summed E-state index contributed by atoms with van der Waals surface area (Å²) in [5.41, 5.74) is -0.186. The van der Waals surface area contributed by atoms with Crippen LogP contribution in [-0.2, 0) is 6.54 Å². The molecule has 0 bridgehead atoms. The third-order valence-corrected chi connectivity index (χ3v) is 2.63. The summed E-state index contributed by atoms with van der Waals surface area (Å²) in [6.07, 6.45) is 9.20. The van der Waals surface area contributed by atoms with Gasteiger partial charge in [0.25, 0.3) is 5.56 Å². The van der Waals surface area contributed by atoms with Gasteiger partial charge in [0.1, 0.15) is 0 Å². The van der Waals surface area contributed by atoms with Crippen LogP contribution in [0.1, 0.15) is 39.0 Å². The standard InChI is InChI=1S/C11H17ClN2O/c1-2-3-4-5-6-8-14-9-7-13-10(12)11(14)15/h7,9H,2-6,8H2,1H3. The van der Waals surface area contributed by atoms with E-state index in [0.717, 1.165) is 13.0 Å². The zero-order valence-electron chi connectivity index (χ0n) is 9.08. The molecule has 0 atom stereocenters. The number of aromatic nitrogens is 2. The summed E-state index contributed by atoms with van der Waals surface area (Å²) in [5, 5.41) is 0.0612. The zero-order chi connectivity index (χ0) is 11.1. The van der Waals surface area contributed by atoms with Crippen molar-refractivity contribution >= 4 is 11.6 Å².